The molecule has 1 unspecified atom stereocenters. The zero-order chi connectivity index (χ0) is 16.8. The number of aryl methyl sites for hydroxylation is 1. The van der Waals surface area contributed by atoms with E-state index < -0.39 is 0 Å². The summed E-state index contributed by atoms with van der Waals surface area (Å²) in [7, 11) is 0. The quantitative estimate of drug-likeness (QED) is 0.823. The van der Waals surface area contributed by atoms with Crippen LogP contribution < -0.4 is 5.32 Å². The van der Waals surface area contributed by atoms with E-state index >= 15 is 0 Å². The molecule has 1 saturated carbocycles. The van der Waals surface area contributed by atoms with Gasteiger partial charge in [0.1, 0.15) is 0 Å². The van der Waals surface area contributed by atoms with Gasteiger partial charge in [-0.3, -0.25) is 9.78 Å². The molecular formula is C20H24N2O2. The molecule has 0 spiro atoms. The van der Waals surface area contributed by atoms with E-state index in [0.29, 0.717) is 5.92 Å². The van der Waals surface area contributed by atoms with Gasteiger partial charge < -0.3 is 10.4 Å². The number of benzene rings is 1. The highest BCUT2D eigenvalue weighted by molar-refractivity contribution is 5.80. The van der Waals surface area contributed by atoms with E-state index in [1.807, 2.05) is 30.3 Å². The summed E-state index contributed by atoms with van der Waals surface area (Å²) in [5.74, 6) is 0.646. The van der Waals surface area contributed by atoms with Crippen LogP contribution in [0.1, 0.15) is 36.3 Å². The molecule has 4 nitrogen and oxygen atoms in total. The summed E-state index contributed by atoms with van der Waals surface area (Å²) in [6.07, 6.45) is 6.89. The summed E-state index contributed by atoms with van der Waals surface area (Å²) in [4.78, 5) is 16.3. The van der Waals surface area contributed by atoms with Gasteiger partial charge in [0.15, 0.2) is 0 Å². The van der Waals surface area contributed by atoms with Crippen LogP contribution in [0.15, 0.2) is 54.9 Å². The molecule has 0 radical (unpaired) electrons. The maximum absolute atomic E-state index is 12.4. The van der Waals surface area contributed by atoms with Gasteiger partial charge in [-0.15, -0.1) is 0 Å². The predicted octanol–water partition coefficient (Wildman–Crippen LogP) is 2.69. The van der Waals surface area contributed by atoms with E-state index in [0.717, 1.165) is 25.7 Å². The molecule has 2 N–H and O–H groups in total. The highest BCUT2D eigenvalue weighted by Gasteiger charge is 2.35. The van der Waals surface area contributed by atoms with Gasteiger partial charge >= 0.3 is 0 Å². The summed E-state index contributed by atoms with van der Waals surface area (Å²) in [5.41, 5.74) is 2.49. The molecule has 1 heterocycles. The number of rotatable bonds is 7. The minimum absolute atomic E-state index is 0.0222. The van der Waals surface area contributed by atoms with Gasteiger partial charge in [-0.1, -0.05) is 30.3 Å². The maximum atomic E-state index is 12.4. The van der Waals surface area contributed by atoms with Gasteiger partial charge in [0, 0.05) is 18.3 Å². The Balaban J connectivity index is 1.44. The number of hydrogen-bond acceptors (Lipinski definition) is 3. The Morgan fingerprint density at radius 2 is 1.88 bits per heavy atom. The van der Waals surface area contributed by atoms with Crippen molar-refractivity contribution in [2.45, 2.75) is 37.6 Å². The van der Waals surface area contributed by atoms with E-state index in [4.69, 9.17) is 0 Å². The molecule has 0 saturated heterocycles. The molecule has 126 valence electrons. The summed E-state index contributed by atoms with van der Waals surface area (Å²) in [5, 5.41) is 12.5. The lowest BCUT2D eigenvalue weighted by atomic mass is 9.71. The molecule has 2 aromatic rings. The summed E-state index contributed by atoms with van der Waals surface area (Å²) in [6.45, 7) is -0.0222. The molecule has 4 heteroatoms. The predicted molar refractivity (Wildman–Crippen MR) is 93.5 cm³/mol. The largest absolute Gasteiger partial charge is 0.394 e. The van der Waals surface area contributed by atoms with E-state index in [2.05, 4.69) is 22.4 Å². The fourth-order valence-electron chi connectivity index (χ4n) is 3.25. The van der Waals surface area contributed by atoms with Gasteiger partial charge in [-0.2, -0.15) is 0 Å². The number of carbonyl (C=O) groups is 1. The molecule has 1 aromatic carbocycles. The number of nitrogens with one attached hydrogen (secondary N) is 1. The molecule has 1 amide bonds. The first-order chi connectivity index (χ1) is 11.8. The second-order valence-corrected chi connectivity index (χ2v) is 6.56. The smallest absolute Gasteiger partial charge is 0.223 e. The van der Waals surface area contributed by atoms with Gasteiger partial charge in [0.2, 0.25) is 5.91 Å². The molecule has 1 aliphatic carbocycles. The van der Waals surface area contributed by atoms with Crippen LogP contribution in [0.5, 0.6) is 0 Å². The van der Waals surface area contributed by atoms with Gasteiger partial charge in [0.25, 0.3) is 0 Å². The molecule has 3 rings (SSSR count). The van der Waals surface area contributed by atoms with Crippen molar-refractivity contribution < 1.29 is 9.90 Å². The van der Waals surface area contributed by atoms with Crippen molar-refractivity contribution in [3.63, 3.8) is 0 Å². The maximum Gasteiger partial charge on any atom is 0.223 e. The zero-order valence-electron chi connectivity index (χ0n) is 13.8. The Bertz CT molecular complexity index is 639. The topological polar surface area (TPSA) is 62.2 Å². The van der Waals surface area contributed by atoms with Crippen molar-refractivity contribution in [3.05, 3.63) is 66.0 Å². The molecule has 1 fully saturated rings. The van der Waals surface area contributed by atoms with Crippen LogP contribution >= 0.6 is 0 Å². The van der Waals surface area contributed by atoms with E-state index in [9.17, 15) is 9.90 Å². The first-order valence-corrected chi connectivity index (χ1v) is 8.61. The van der Waals surface area contributed by atoms with Crippen LogP contribution in [0.3, 0.4) is 0 Å². The Morgan fingerprint density at radius 1 is 1.17 bits per heavy atom. The third-order valence-electron chi connectivity index (χ3n) is 4.88. The highest BCUT2D eigenvalue weighted by atomic mass is 16.3. The molecule has 24 heavy (non-hydrogen) atoms. The van der Waals surface area contributed by atoms with Crippen LogP contribution in [0, 0.1) is 5.92 Å². The number of amides is 1. The molecule has 0 aliphatic heterocycles. The van der Waals surface area contributed by atoms with Crippen LogP contribution in [-0.2, 0) is 11.2 Å². The van der Waals surface area contributed by atoms with Crippen LogP contribution in [-0.4, -0.2) is 28.6 Å². The summed E-state index contributed by atoms with van der Waals surface area (Å²) >= 11 is 0. The van der Waals surface area contributed by atoms with Crippen molar-refractivity contribution in [2.24, 2.45) is 5.92 Å². The lowest BCUT2D eigenvalue weighted by Crippen LogP contribution is -2.44. The highest BCUT2D eigenvalue weighted by Crippen LogP contribution is 2.41. The van der Waals surface area contributed by atoms with Gasteiger partial charge in [-0.25, -0.2) is 0 Å². The number of aliphatic hydroxyl groups is 1. The Kier molecular flexibility index (Phi) is 5.59. The van der Waals surface area contributed by atoms with E-state index in [1.165, 1.54) is 11.1 Å². The van der Waals surface area contributed by atoms with Crippen LogP contribution in [0.2, 0.25) is 0 Å². The number of hydrogen-bond donors (Lipinski definition) is 2. The molecule has 1 aliphatic rings. The second-order valence-electron chi connectivity index (χ2n) is 6.56. The molecule has 1 atom stereocenters. The first-order valence-electron chi connectivity index (χ1n) is 8.61. The van der Waals surface area contributed by atoms with Gasteiger partial charge in [0.05, 0.1) is 12.6 Å². The monoisotopic (exact) mass is 324 g/mol. The van der Waals surface area contributed by atoms with Crippen LogP contribution in [0.25, 0.3) is 0 Å². The molecule has 0 bridgehead atoms. The third kappa shape index (κ3) is 4.20. The zero-order valence-corrected chi connectivity index (χ0v) is 13.8. The lowest BCUT2D eigenvalue weighted by Gasteiger charge is -2.35. The lowest BCUT2D eigenvalue weighted by molar-refractivity contribution is -0.129. The minimum Gasteiger partial charge on any atom is -0.394 e. The summed E-state index contributed by atoms with van der Waals surface area (Å²) < 4.78 is 0. The minimum atomic E-state index is -0.179. The fraction of sp³-hybridized carbons (Fsp3) is 0.400. The van der Waals surface area contributed by atoms with E-state index in [-0.39, 0.29) is 24.5 Å². The fourth-order valence-corrected chi connectivity index (χ4v) is 3.25. The number of aromatic nitrogens is 1. The SMILES string of the molecule is O=C(NC(CO)CCc1ccncc1)C1CC(c2ccccc2)C1. The summed E-state index contributed by atoms with van der Waals surface area (Å²) in [6, 6.07) is 14.1. The average Bonchev–Trinajstić information content (AvgIpc) is 2.59. The van der Waals surface area contributed by atoms with Crippen molar-refractivity contribution in [2.75, 3.05) is 6.61 Å². The van der Waals surface area contributed by atoms with Crippen LogP contribution in [0.4, 0.5) is 0 Å². The molecule has 1 aromatic heterocycles. The van der Waals surface area contributed by atoms with Crippen molar-refractivity contribution in [3.8, 4) is 0 Å². The first kappa shape index (κ1) is 16.7. The molecular weight excluding hydrogens is 300 g/mol. The number of carbonyl (C=O) groups excluding carboxylic acids is 1. The third-order valence-corrected chi connectivity index (χ3v) is 4.88. The van der Waals surface area contributed by atoms with Gasteiger partial charge in [-0.05, 0) is 54.9 Å². The Morgan fingerprint density at radius 3 is 2.54 bits per heavy atom. The Labute approximate surface area is 142 Å². The van der Waals surface area contributed by atoms with Crippen molar-refractivity contribution in [1.82, 2.24) is 10.3 Å². The standard InChI is InChI=1S/C20H24N2O2/c23-14-19(7-6-15-8-10-21-11-9-15)22-20(24)18-12-17(13-18)16-4-2-1-3-5-16/h1-5,8-11,17-19,23H,6-7,12-14H2,(H,22,24). The van der Waals surface area contributed by atoms with Crippen molar-refractivity contribution in [1.29, 1.82) is 0 Å². The average molecular weight is 324 g/mol. The Hall–Kier alpha value is -2.20. The van der Waals surface area contributed by atoms with Crippen molar-refractivity contribution >= 4 is 5.91 Å². The second kappa shape index (κ2) is 8.06. The normalized spacial score (nSPS) is 20.9. The number of aliphatic hydroxyl groups excluding tert-OH is 1. The van der Waals surface area contributed by atoms with E-state index in [1.54, 1.807) is 12.4 Å². The number of nitrogens with zero attached hydrogens (tertiary/aromatic N) is 1. The number of pyridine rings is 1.